The Morgan fingerprint density at radius 1 is 0.892 bits per heavy atom. The van der Waals surface area contributed by atoms with Gasteiger partial charge in [-0.3, -0.25) is 14.5 Å². The van der Waals surface area contributed by atoms with Gasteiger partial charge < -0.3 is 19.7 Å². The number of aldehydes is 1. The minimum Gasteiger partial charge on any atom is -0.444 e. The first-order valence-electron chi connectivity index (χ1n) is 12.8. The van der Waals surface area contributed by atoms with Crippen molar-refractivity contribution in [3.05, 3.63) is 35.9 Å². The van der Waals surface area contributed by atoms with E-state index in [4.69, 9.17) is 4.74 Å². The molecule has 1 aromatic rings. The molecule has 0 radical (unpaired) electrons. The number of ether oxygens (including phenoxy) is 1. The number of rotatable bonds is 9. The van der Waals surface area contributed by atoms with Crippen molar-refractivity contribution >= 4 is 24.2 Å². The number of amides is 3. The lowest BCUT2D eigenvalue weighted by Crippen LogP contribution is -2.63. The Morgan fingerprint density at radius 3 is 1.81 bits per heavy atom. The van der Waals surface area contributed by atoms with E-state index in [-0.39, 0.29) is 11.8 Å². The Bertz CT molecular complexity index is 945. The summed E-state index contributed by atoms with van der Waals surface area (Å²) in [4.78, 5) is 55.2. The monoisotopic (exact) mass is 517 g/mol. The van der Waals surface area contributed by atoms with E-state index in [2.05, 4.69) is 5.32 Å². The molecule has 0 saturated heterocycles. The van der Waals surface area contributed by atoms with Crippen LogP contribution in [0.5, 0.6) is 0 Å². The molecule has 0 saturated carbocycles. The fourth-order valence-electron chi connectivity index (χ4n) is 4.37. The van der Waals surface area contributed by atoms with Gasteiger partial charge in [0.25, 0.3) is 0 Å². The van der Waals surface area contributed by atoms with Gasteiger partial charge in [0, 0.05) is 19.5 Å². The number of nitrogens with one attached hydrogen (secondary N) is 1. The normalized spacial score (nSPS) is 14.8. The average Bonchev–Trinajstić information content (AvgIpc) is 2.75. The third-order valence-electron chi connectivity index (χ3n) is 6.54. The first-order valence-corrected chi connectivity index (χ1v) is 12.8. The van der Waals surface area contributed by atoms with E-state index >= 15 is 0 Å². The highest BCUT2D eigenvalue weighted by molar-refractivity contribution is 5.93. The number of benzene rings is 1. The van der Waals surface area contributed by atoms with E-state index in [0.717, 1.165) is 11.8 Å². The van der Waals surface area contributed by atoms with Crippen LogP contribution in [0.4, 0.5) is 4.79 Å². The zero-order valence-electron chi connectivity index (χ0n) is 24.7. The minimum atomic E-state index is -1.00. The van der Waals surface area contributed by atoms with Crippen molar-refractivity contribution in [2.24, 2.45) is 11.3 Å². The van der Waals surface area contributed by atoms with Gasteiger partial charge in [0.1, 0.15) is 24.0 Å². The maximum absolute atomic E-state index is 14.0. The second kappa shape index (κ2) is 12.1. The summed E-state index contributed by atoms with van der Waals surface area (Å²) in [6, 6.07) is 6.88. The zero-order valence-corrected chi connectivity index (χ0v) is 24.7. The van der Waals surface area contributed by atoms with Gasteiger partial charge in [-0.25, -0.2) is 4.79 Å². The Labute approximate surface area is 223 Å². The van der Waals surface area contributed by atoms with Gasteiger partial charge in [-0.15, -0.1) is 0 Å². The fraction of sp³-hybridized carbons (Fsp3) is 0.655. The van der Waals surface area contributed by atoms with Crippen LogP contribution >= 0.6 is 0 Å². The van der Waals surface area contributed by atoms with E-state index in [0.29, 0.717) is 0 Å². The first kappa shape index (κ1) is 32.1. The van der Waals surface area contributed by atoms with Gasteiger partial charge >= 0.3 is 6.09 Å². The summed E-state index contributed by atoms with van der Waals surface area (Å²) in [7, 11) is 3.11. The van der Waals surface area contributed by atoms with Crippen molar-refractivity contribution in [3.8, 4) is 0 Å². The summed E-state index contributed by atoms with van der Waals surface area (Å²) in [5.41, 5.74) is -1.41. The number of carbonyl (C=O) groups is 4. The largest absolute Gasteiger partial charge is 0.444 e. The van der Waals surface area contributed by atoms with Gasteiger partial charge in [0.15, 0.2) is 0 Å². The molecule has 3 atom stereocenters. The summed E-state index contributed by atoms with van der Waals surface area (Å²) >= 11 is 0. The van der Waals surface area contributed by atoms with Crippen molar-refractivity contribution in [1.82, 2.24) is 15.1 Å². The molecular weight excluding hydrogens is 470 g/mol. The van der Waals surface area contributed by atoms with Gasteiger partial charge in [0.05, 0.1) is 6.04 Å². The lowest BCUT2D eigenvalue weighted by atomic mass is 9.76. The Balaban J connectivity index is 3.53. The summed E-state index contributed by atoms with van der Waals surface area (Å²) in [5, 5.41) is 2.93. The number of carbonyl (C=O) groups excluding carboxylic acids is 4. The summed E-state index contributed by atoms with van der Waals surface area (Å²) in [6.45, 7) is 18.3. The third kappa shape index (κ3) is 8.30. The molecule has 1 aromatic carbocycles. The topological polar surface area (TPSA) is 96.0 Å². The molecule has 2 unspecified atom stereocenters. The summed E-state index contributed by atoms with van der Waals surface area (Å²) in [5.74, 6) is -0.954. The summed E-state index contributed by atoms with van der Waals surface area (Å²) < 4.78 is 5.58. The molecule has 0 spiro atoms. The van der Waals surface area contributed by atoms with Crippen molar-refractivity contribution in [2.45, 2.75) is 98.4 Å². The van der Waals surface area contributed by atoms with Crippen LogP contribution in [0, 0.1) is 11.3 Å². The van der Waals surface area contributed by atoms with Crippen molar-refractivity contribution in [2.75, 3.05) is 14.1 Å². The number of likely N-dealkylation sites (N-methyl/N-ethyl adjacent to an activating group) is 2. The van der Waals surface area contributed by atoms with Gasteiger partial charge in [-0.05, 0) is 37.7 Å². The molecule has 8 heteroatoms. The highest BCUT2D eigenvalue weighted by Gasteiger charge is 2.45. The minimum absolute atomic E-state index is 0.0918. The van der Waals surface area contributed by atoms with Gasteiger partial charge in [-0.1, -0.05) is 78.8 Å². The maximum Gasteiger partial charge on any atom is 0.410 e. The second-order valence-corrected chi connectivity index (χ2v) is 12.7. The maximum atomic E-state index is 14.0. The van der Waals surface area contributed by atoms with Crippen molar-refractivity contribution in [3.63, 3.8) is 0 Å². The molecular formula is C29H47N3O5. The predicted octanol–water partition coefficient (Wildman–Crippen LogP) is 4.41. The third-order valence-corrected chi connectivity index (χ3v) is 6.54. The Morgan fingerprint density at radius 2 is 1.41 bits per heavy atom. The second-order valence-electron chi connectivity index (χ2n) is 12.7. The molecule has 37 heavy (non-hydrogen) atoms. The van der Waals surface area contributed by atoms with E-state index in [1.54, 1.807) is 27.8 Å². The molecule has 0 aliphatic heterocycles. The van der Waals surface area contributed by atoms with E-state index in [1.165, 1.54) is 16.8 Å². The number of hydrogen-bond acceptors (Lipinski definition) is 5. The van der Waals surface area contributed by atoms with Crippen LogP contribution in [0.1, 0.15) is 74.8 Å². The molecule has 208 valence electrons. The highest BCUT2D eigenvalue weighted by atomic mass is 16.6. The van der Waals surface area contributed by atoms with E-state index < -0.39 is 46.6 Å². The molecule has 1 rings (SSSR count). The molecule has 3 amide bonds. The van der Waals surface area contributed by atoms with Crippen molar-refractivity contribution < 1.29 is 23.9 Å². The van der Waals surface area contributed by atoms with Crippen LogP contribution in [0.3, 0.4) is 0 Å². The SMILES string of the molecule is CC(C)[C@@H](C=O)N(C)C(=O)C(NC(=O)C(N(C)C(=O)OC(C)(C)C)C(C)(C)c1ccccc1)C(C)(C)C. The Kier molecular flexibility index (Phi) is 10.5. The van der Waals surface area contributed by atoms with Crippen LogP contribution in [0.2, 0.25) is 0 Å². The van der Waals surface area contributed by atoms with Gasteiger partial charge in [-0.2, -0.15) is 0 Å². The molecule has 1 N–H and O–H groups in total. The lowest BCUT2D eigenvalue weighted by Gasteiger charge is -2.42. The summed E-state index contributed by atoms with van der Waals surface area (Å²) in [6.07, 6.45) is 0.107. The van der Waals surface area contributed by atoms with Crippen LogP contribution in [-0.2, 0) is 24.5 Å². The molecule has 0 bridgehead atoms. The highest BCUT2D eigenvalue weighted by Crippen LogP contribution is 2.32. The number of nitrogens with zero attached hydrogens (tertiary/aromatic N) is 2. The predicted molar refractivity (Wildman–Crippen MR) is 146 cm³/mol. The smallest absolute Gasteiger partial charge is 0.410 e. The van der Waals surface area contributed by atoms with Crippen LogP contribution in [0.25, 0.3) is 0 Å². The zero-order chi connectivity index (χ0) is 28.9. The molecule has 0 fully saturated rings. The van der Waals surface area contributed by atoms with Crippen LogP contribution < -0.4 is 5.32 Å². The molecule has 8 nitrogen and oxygen atoms in total. The Hall–Kier alpha value is -2.90. The number of hydrogen-bond donors (Lipinski definition) is 1. The standard InChI is InChI=1S/C29H47N3O5/c1-19(2)21(18-33)31(11)25(35)22(27(3,4)5)30-24(34)23(32(12)26(36)37-28(6,7)8)29(9,10)20-16-14-13-15-17-20/h13-19,21-23H,1-12H3,(H,30,34)/t21-,22?,23?/m1/s1. The van der Waals surface area contributed by atoms with E-state index in [9.17, 15) is 19.2 Å². The quantitative estimate of drug-likeness (QED) is 0.490. The first-order chi connectivity index (χ1) is 16.8. The van der Waals surface area contributed by atoms with Crippen LogP contribution in [-0.4, -0.2) is 71.8 Å². The molecule has 0 aromatic heterocycles. The lowest BCUT2D eigenvalue weighted by molar-refractivity contribution is -0.144. The van der Waals surface area contributed by atoms with Gasteiger partial charge in [0.2, 0.25) is 11.8 Å². The average molecular weight is 518 g/mol. The molecule has 0 heterocycles. The molecule has 0 aliphatic rings. The molecule has 0 aliphatic carbocycles. The van der Waals surface area contributed by atoms with Crippen molar-refractivity contribution in [1.29, 1.82) is 0 Å². The van der Waals surface area contributed by atoms with E-state index in [1.807, 2.05) is 78.8 Å². The van der Waals surface area contributed by atoms with Crippen LogP contribution in [0.15, 0.2) is 30.3 Å². The fourth-order valence-corrected chi connectivity index (χ4v) is 4.37.